The van der Waals surface area contributed by atoms with E-state index in [2.05, 4.69) is 29.6 Å². The molecular weight excluding hydrogens is 480 g/mol. The smallest absolute Gasteiger partial charge is 0.407 e. The van der Waals surface area contributed by atoms with E-state index >= 15 is 0 Å². The molecule has 7 nitrogen and oxygen atoms in total. The summed E-state index contributed by atoms with van der Waals surface area (Å²) in [6, 6.07) is 25.8. The summed E-state index contributed by atoms with van der Waals surface area (Å²) < 4.78 is 5.65. The minimum atomic E-state index is -1.04. The zero-order chi connectivity index (χ0) is 26.5. The second kappa shape index (κ2) is 11.5. The fourth-order valence-electron chi connectivity index (χ4n) is 5.88. The van der Waals surface area contributed by atoms with Crippen molar-refractivity contribution in [3.63, 3.8) is 0 Å². The van der Waals surface area contributed by atoms with Gasteiger partial charge in [-0.05, 0) is 46.6 Å². The molecule has 196 valence electrons. The summed E-state index contributed by atoms with van der Waals surface area (Å²) in [4.78, 5) is 39.0. The molecule has 0 aromatic heterocycles. The molecule has 0 spiro atoms. The van der Waals surface area contributed by atoms with Gasteiger partial charge in [-0.3, -0.25) is 9.59 Å². The van der Waals surface area contributed by atoms with Crippen molar-refractivity contribution >= 4 is 18.0 Å². The number of carboxylic acid groups (broad SMARTS) is 1. The number of amides is 2. The van der Waals surface area contributed by atoms with Crippen molar-refractivity contribution in [2.45, 2.75) is 31.7 Å². The van der Waals surface area contributed by atoms with Crippen molar-refractivity contribution < 1.29 is 24.2 Å². The first kappa shape index (κ1) is 25.5. The second-order valence-electron chi connectivity index (χ2n) is 10.1. The maximum absolute atomic E-state index is 13.4. The molecule has 0 bridgehead atoms. The number of alkyl carbamates (subject to hydrolysis) is 1. The zero-order valence-corrected chi connectivity index (χ0v) is 21.2. The first-order valence-corrected chi connectivity index (χ1v) is 13.1. The summed E-state index contributed by atoms with van der Waals surface area (Å²) in [5.41, 5.74) is 5.53. The van der Waals surface area contributed by atoms with Crippen LogP contribution in [0.1, 0.15) is 41.9 Å². The van der Waals surface area contributed by atoms with Crippen LogP contribution in [0.4, 0.5) is 4.79 Å². The van der Waals surface area contributed by atoms with Crippen LogP contribution in [0.3, 0.4) is 0 Å². The number of nitrogens with one attached hydrogen (secondary N) is 1. The van der Waals surface area contributed by atoms with Gasteiger partial charge in [-0.1, -0.05) is 85.3 Å². The van der Waals surface area contributed by atoms with Gasteiger partial charge in [0.25, 0.3) is 0 Å². The molecular formula is C31H32N2O5. The Bertz CT molecular complexity index is 1260. The van der Waals surface area contributed by atoms with Crippen LogP contribution in [0, 0.1) is 11.8 Å². The van der Waals surface area contributed by atoms with Crippen LogP contribution < -0.4 is 5.32 Å². The molecule has 2 atom stereocenters. The quantitative estimate of drug-likeness (QED) is 0.418. The molecule has 3 aromatic carbocycles. The molecule has 1 saturated carbocycles. The Morgan fingerprint density at radius 3 is 2.16 bits per heavy atom. The zero-order valence-electron chi connectivity index (χ0n) is 21.2. The Kier molecular flexibility index (Phi) is 7.73. The number of fused-ring (bicyclic) bond motifs is 3. The van der Waals surface area contributed by atoms with Crippen LogP contribution >= 0.6 is 0 Å². The lowest BCUT2D eigenvalue weighted by atomic mass is 9.94. The molecule has 1 fully saturated rings. The van der Waals surface area contributed by atoms with Gasteiger partial charge in [-0.15, -0.1) is 0 Å². The van der Waals surface area contributed by atoms with Gasteiger partial charge in [-0.25, -0.2) is 4.79 Å². The van der Waals surface area contributed by atoms with Crippen molar-refractivity contribution in [2.75, 3.05) is 19.7 Å². The van der Waals surface area contributed by atoms with Crippen molar-refractivity contribution in [2.24, 2.45) is 11.8 Å². The lowest BCUT2D eigenvalue weighted by Gasteiger charge is -2.27. The number of ether oxygens (including phenoxy) is 1. The third kappa shape index (κ3) is 5.57. The molecule has 7 heteroatoms. The number of carbonyl (C=O) groups excluding carboxylic acids is 2. The molecule has 0 radical (unpaired) electrons. The van der Waals surface area contributed by atoms with Crippen molar-refractivity contribution in [1.82, 2.24) is 10.2 Å². The van der Waals surface area contributed by atoms with Crippen molar-refractivity contribution in [3.8, 4) is 11.1 Å². The molecule has 38 heavy (non-hydrogen) atoms. The second-order valence-corrected chi connectivity index (χ2v) is 10.1. The highest BCUT2D eigenvalue weighted by atomic mass is 16.5. The first-order chi connectivity index (χ1) is 18.5. The highest BCUT2D eigenvalue weighted by Crippen LogP contribution is 2.44. The Morgan fingerprint density at radius 1 is 0.868 bits per heavy atom. The van der Waals surface area contributed by atoms with E-state index in [1.165, 1.54) is 16.0 Å². The largest absolute Gasteiger partial charge is 0.480 e. The molecule has 2 aliphatic rings. The minimum absolute atomic E-state index is 0.0171. The van der Waals surface area contributed by atoms with E-state index in [0.717, 1.165) is 29.5 Å². The predicted octanol–water partition coefficient (Wildman–Crippen LogP) is 5.05. The van der Waals surface area contributed by atoms with Gasteiger partial charge in [0, 0.05) is 24.9 Å². The summed E-state index contributed by atoms with van der Waals surface area (Å²) in [5, 5.41) is 12.3. The molecule has 2 aliphatic carbocycles. The fraction of sp³-hybridized carbons (Fsp3) is 0.323. The van der Waals surface area contributed by atoms with E-state index in [1.807, 2.05) is 54.6 Å². The number of rotatable bonds is 9. The summed E-state index contributed by atoms with van der Waals surface area (Å²) in [6.07, 6.45) is 1.84. The summed E-state index contributed by atoms with van der Waals surface area (Å²) in [7, 11) is 0. The predicted molar refractivity (Wildman–Crippen MR) is 143 cm³/mol. The van der Waals surface area contributed by atoms with Crippen LogP contribution in [0.25, 0.3) is 11.1 Å². The molecule has 0 saturated heterocycles. The monoisotopic (exact) mass is 512 g/mol. The standard InChI is InChI=1S/C31H32N2O5/c34-29(35)19-33(18-21-9-2-1-3-10-21)30(36)23-16-8-11-22(23)17-32-31(37)38-20-28-26-14-6-4-12-24(26)25-13-5-7-15-27(25)28/h1-7,9-10,12-15,22-23,28H,8,11,16-20H2,(H,32,37)(H,34,35)/t22-,23-/m1/s1. The van der Waals surface area contributed by atoms with E-state index in [0.29, 0.717) is 13.0 Å². The third-order valence-corrected chi connectivity index (χ3v) is 7.68. The maximum atomic E-state index is 13.4. The Morgan fingerprint density at radius 2 is 1.50 bits per heavy atom. The number of benzene rings is 3. The normalized spacial score (nSPS) is 17.9. The van der Waals surface area contributed by atoms with Crippen LogP contribution in [0.2, 0.25) is 0 Å². The van der Waals surface area contributed by atoms with Crippen LogP contribution in [-0.2, 0) is 20.9 Å². The Hall–Kier alpha value is -4.13. The summed E-state index contributed by atoms with van der Waals surface area (Å²) >= 11 is 0. The van der Waals surface area contributed by atoms with Crippen LogP contribution in [-0.4, -0.2) is 47.7 Å². The van der Waals surface area contributed by atoms with Gasteiger partial charge in [0.15, 0.2) is 0 Å². The van der Waals surface area contributed by atoms with Crippen molar-refractivity contribution in [1.29, 1.82) is 0 Å². The van der Waals surface area contributed by atoms with Gasteiger partial charge < -0.3 is 20.1 Å². The SMILES string of the molecule is O=C(O)CN(Cc1ccccc1)C(=O)[C@@H]1CCC[C@@H]1CNC(=O)OCC1c2ccccc2-c2ccccc21. The van der Waals surface area contributed by atoms with Crippen LogP contribution in [0.15, 0.2) is 78.9 Å². The molecule has 0 aliphatic heterocycles. The number of carbonyl (C=O) groups is 3. The Labute approximate surface area is 222 Å². The molecule has 0 heterocycles. The molecule has 3 aromatic rings. The van der Waals surface area contributed by atoms with E-state index in [4.69, 9.17) is 4.74 Å². The summed E-state index contributed by atoms with van der Waals surface area (Å²) in [6.45, 7) is 0.446. The first-order valence-electron chi connectivity index (χ1n) is 13.1. The van der Waals surface area contributed by atoms with Gasteiger partial charge >= 0.3 is 12.1 Å². The minimum Gasteiger partial charge on any atom is -0.480 e. The van der Waals surface area contributed by atoms with E-state index < -0.39 is 12.1 Å². The van der Waals surface area contributed by atoms with E-state index in [-0.39, 0.29) is 43.4 Å². The fourth-order valence-corrected chi connectivity index (χ4v) is 5.88. The van der Waals surface area contributed by atoms with E-state index in [9.17, 15) is 19.5 Å². The summed E-state index contributed by atoms with van der Waals surface area (Å²) in [5.74, 6) is -1.62. The Balaban J connectivity index is 1.18. The molecule has 2 amide bonds. The topological polar surface area (TPSA) is 95.9 Å². The number of hydrogen-bond acceptors (Lipinski definition) is 4. The molecule has 0 unspecified atom stereocenters. The van der Waals surface area contributed by atoms with Crippen LogP contribution in [0.5, 0.6) is 0 Å². The average Bonchev–Trinajstić information content (AvgIpc) is 3.53. The number of nitrogens with zero attached hydrogens (tertiary/aromatic N) is 1. The maximum Gasteiger partial charge on any atom is 0.407 e. The van der Waals surface area contributed by atoms with Crippen molar-refractivity contribution in [3.05, 3.63) is 95.6 Å². The van der Waals surface area contributed by atoms with Gasteiger partial charge in [0.2, 0.25) is 5.91 Å². The van der Waals surface area contributed by atoms with Gasteiger partial charge in [-0.2, -0.15) is 0 Å². The molecule has 2 N–H and O–H groups in total. The third-order valence-electron chi connectivity index (χ3n) is 7.68. The lowest BCUT2D eigenvalue weighted by molar-refractivity contribution is -0.147. The number of carboxylic acids is 1. The van der Waals surface area contributed by atoms with E-state index in [1.54, 1.807) is 0 Å². The highest BCUT2D eigenvalue weighted by Gasteiger charge is 2.36. The number of hydrogen-bond donors (Lipinski definition) is 2. The highest BCUT2D eigenvalue weighted by molar-refractivity contribution is 5.83. The lowest BCUT2D eigenvalue weighted by Crippen LogP contribution is -2.42. The van der Waals surface area contributed by atoms with Gasteiger partial charge in [0.1, 0.15) is 13.2 Å². The average molecular weight is 513 g/mol. The molecule has 5 rings (SSSR count). The van der Waals surface area contributed by atoms with Gasteiger partial charge in [0.05, 0.1) is 0 Å². The number of aliphatic carboxylic acids is 1.